The van der Waals surface area contributed by atoms with Gasteiger partial charge in [0.1, 0.15) is 12.1 Å². The zero-order chi connectivity index (χ0) is 26.2. The molecular formula is C25H28N4O7S. The fourth-order valence-corrected chi connectivity index (χ4v) is 6.32. The van der Waals surface area contributed by atoms with Crippen molar-refractivity contribution in [3.05, 3.63) is 48.0 Å². The van der Waals surface area contributed by atoms with Gasteiger partial charge in [-0.05, 0) is 55.7 Å². The second-order valence-electron chi connectivity index (χ2n) is 9.41. The summed E-state index contributed by atoms with van der Waals surface area (Å²) in [4.78, 5) is 39.6. The maximum absolute atomic E-state index is 13.2. The fraction of sp³-hybridized carbons (Fsp3) is 0.400. The molecule has 2 fully saturated rings. The molecule has 2 N–H and O–H groups in total. The number of carbonyl (C=O) groups is 3. The first-order chi connectivity index (χ1) is 17.7. The molecule has 0 saturated carbocycles. The Morgan fingerprint density at radius 2 is 1.76 bits per heavy atom. The molecule has 2 saturated heterocycles. The molecule has 196 valence electrons. The minimum Gasteiger partial charge on any atom is -0.454 e. The lowest BCUT2D eigenvalue weighted by Gasteiger charge is -2.22. The molecule has 0 aromatic heterocycles. The molecule has 3 heterocycles. The summed E-state index contributed by atoms with van der Waals surface area (Å²) in [6.07, 6.45) is 3.62. The summed E-state index contributed by atoms with van der Waals surface area (Å²) in [5.74, 6) is -0.223. The smallest absolute Gasteiger partial charge is 0.325 e. The van der Waals surface area contributed by atoms with Gasteiger partial charge in [-0.3, -0.25) is 14.5 Å². The third kappa shape index (κ3) is 4.74. The predicted octanol–water partition coefficient (Wildman–Crippen LogP) is 2.39. The first-order valence-corrected chi connectivity index (χ1v) is 13.6. The number of carbonyl (C=O) groups excluding carboxylic acids is 3. The second kappa shape index (κ2) is 9.67. The Hall–Kier alpha value is -3.64. The van der Waals surface area contributed by atoms with Crippen molar-refractivity contribution in [2.24, 2.45) is 0 Å². The van der Waals surface area contributed by atoms with E-state index in [2.05, 4.69) is 10.6 Å². The Labute approximate surface area is 214 Å². The van der Waals surface area contributed by atoms with Gasteiger partial charge in [-0.2, -0.15) is 4.31 Å². The van der Waals surface area contributed by atoms with Gasteiger partial charge in [0.15, 0.2) is 11.5 Å². The van der Waals surface area contributed by atoms with Crippen molar-refractivity contribution in [1.82, 2.24) is 14.5 Å². The number of fused-ring (bicyclic) bond motifs is 1. The quantitative estimate of drug-likeness (QED) is 0.550. The summed E-state index contributed by atoms with van der Waals surface area (Å²) >= 11 is 0. The Bertz CT molecular complexity index is 1350. The summed E-state index contributed by atoms with van der Waals surface area (Å²) in [7, 11) is -3.70. The number of nitrogens with one attached hydrogen (secondary N) is 2. The van der Waals surface area contributed by atoms with Crippen LogP contribution in [0, 0.1) is 0 Å². The predicted molar refractivity (Wildman–Crippen MR) is 132 cm³/mol. The van der Waals surface area contributed by atoms with Crippen LogP contribution in [0.25, 0.3) is 0 Å². The molecule has 3 aliphatic rings. The highest BCUT2D eigenvalue weighted by atomic mass is 32.2. The first-order valence-electron chi connectivity index (χ1n) is 12.1. The van der Waals surface area contributed by atoms with E-state index in [0.29, 0.717) is 30.2 Å². The van der Waals surface area contributed by atoms with E-state index in [-0.39, 0.29) is 17.4 Å². The van der Waals surface area contributed by atoms with Gasteiger partial charge in [0, 0.05) is 18.8 Å². The average Bonchev–Trinajstić information content (AvgIpc) is 3.28. The molecule has 37 heavy (non-hydrogen) atoms. The average molecular weight is 529 g/mol. The molecular weight excluding hydrogens is 500 g/mol. The van der Waals surface area contributed by atoms with Crippen molar-refractivity contribution in [3.63, 3.8) is 0 Å². The number of hydrogen-bond donors (Lipinski definition) is 2. The van der Waals surface area contributed by atoms with E-state index in [1.165, 1.54) is 16.4 Å². The summed E-state index contributed by atoms with van der Waals surface area (Å²) in [6.45, 7) is 2.02. The van der Waals surface area contributed by atoms with Crippen LogP contribution >= 0.6 is 0 Å². The first kappa shape index (κ1) is 25.0. The number of urea groups is 1. The second-order valence-corrected chi connectivity index (χ2v) is 11.3. The summed E-state index contributed by atoms with van der Waals surface area (Å²) in [5.41, 5.74) is -0.643. The lowest BCUT2D eigenvalue weighted by atomic mass is 9.91. The molecule has 0 spiro atoms. The third-order valence-electron chi connectivity index (χ3n) is 6.85. The molecule has 12 heteroatoms. The van der Waals surface area contributed by atoms with Crippen LogP contribution in [0.2, 0.25) is 0 Å². The monoisotopic (exact) mass is 528 g/mol. The van der Waals surface area contributed by atoms with Gasteiger partial charge in [0.2, 0.25) is 22.7 Å². The lowest BCUT2D eigenvalue weighted by molar-refractivity contribution is -0.133. The summed E-state index contributed by atoms with van der Waals surface area (Å²) < 4.78 is 38.4. The number of rotatable bonds is 6. The van der Waals surface area contributed by atoms with Gasteiger partial charge >= 0.3 is 6.03 Å². The molecule has 11 nitrogen and oxygen atoms in total. The Kier molecular flexibility index (Phi) is 6.54. The van der Waals surface area contributed by atoms with Crippen LogP contribution in [-0.4, -0.2) is 61.9 Å². The van der Waals surface area contributed by atoms with Crippen LogP contribution in [0.3, 0.4) is 0 Å². The summed E-state index contributed by atoms with van der Waals surface area (Å²) in [5, 5.41) is 5.26. The largest absolute Gasteiger partial charge is 0.454 e. The number of amides is 4. The minimum absolute atomic E-state index is 0.0721. The van der Waals surface area contributed by atoms with E-state index < -0.39 is 40.0 Å². The lowest BCUT2D eigenvalue weighted by Crippen LogP contribution is -2.42. The number of benzene rings is 2. The Balaban J connectivity index is 1.28. The topological polar surface area (TPSA) is 134 Å². The van der Waals surface area contributed by atoms with Crippen molar-refractivity contribution in [2.75, 3.05) is 31.7 Å². The molecule has 1 unspecified atom stereocenters. The zero-order valence-corrected chi connectivity index (χ0v) is 21.2. The van der Waals surface area contributed by atoms with Gasteiger partial charge in [0.05, 0.1) is 4.90 Å². The van der Waals surface area contributed by atoms with Crippen LogP contribution in [-0.2, 0) is 25.2 Å². The molecule has 5 rings (SSSR count). The van der Waals surface area contributed by atoms with Gasteiger partial charge in [-0.25, -0.2) is 13.2 Å². The number of nitrogens with zero attached hydrogens (tertiary/aromatic N) is 2. The standard InChI is InChI=1S/C25H28N4O7S/c1-25(17-9-10-20-21(13-17)36-16-35-20)23(31)29(24(32)27-25)15-22(30)26-18-7-6-8-19(14-18)37(33,34)28-11-4-2-3-5-12-28/h6-10,13-14H,2-5,11-12,15-16H2,1H3,(H,26,30)(H,27,32). The Morgan fingerprint density at radius 1 is 1.03 bits per heavy atom. The van der Waals surface area contributed by atoms with Crippen molar-refractivity contribution in [1.29, 1.82) is 0 Å². The maximum Gasteiger partial charge on any atom is 0.325 e. The fourth-order valence-electron chi connectivity index (χ4n) is 4.75. The highest BCUT2D eigenvalue weighted by Gasteiger charge is 2.50. The van der Waals surface area contributed by atoms with Crippen LogP contribution in [0.5, 0.6) is 11.5 Å². The minimum atomic E-state index is -3.70. The molecule has 2 aromatic carbocycles. The van der Waals surface area contributed by atoms with E-state index in [0.717, 1.165) is 30.6 Å². The van der Waals surface area contributed by atoms with Crippen molar-refractivity contribution in [3.8, 4) is 11.5 Å². The van der Waals surface area contributed by atoms with Crippen LogP contribution in [0.4, 0.5) is 10.5 Å². The molecule has 1 atom stereocenters. The van der Waals surface area contributed by atoms with E-state index in [1.807, 2.05) is 0 Å². The van der Waals surface area contributed by atoms with E-state index in [9.17, 15) is 22.8 Å². The molecule has 0 bridgehead atoms. The van der Waals surface area contributed by atoms with E-state index >= 15 is 0 Å². The molecule has 2 aromatic rings. The highest BCUT2D eigenvalue weighted by molar-refractivity contribution is 7.89. The van der Waals surface area contributed by atoms with Gasteiger partial charge < -0.3 is 20.1 Å². The molecule has 4 amide bonds. The highest BCUT2D eigenvalue weighted by Crippen LogP contribution is 2.37. The van der Waals surface area contributed by atoms with E-state index in [1.54, 1.807) is 37.3 Å². The number of imide groups is 1. The zero-order valence-electron chi connectivity index (χ0n) is 20.4. The molecule has 3 aliphatic heterocycles. The summed E-state index contributed by atoms with van der Waals surface area (Å²) in [6, 6.07) is 10.2. The van der Waals surface area contributed by atoms with Gasteiger partial charge in [0.25, 0.3) is 5.91 Å². The molecule has 0 radical (unpaired) electrons. The molecule has 0 aliphatic carbocycles. The van der Waals surface area contributed by atoms with Crippen molar-refractivity contribution >= 4 is 33.6 Å². The maximum atomic E-state index is 13.2. The van der Waals surface area contributed by atoms with E-state index in [4.69, 9.17) is 9.47 Å². The van der Waals surface area contributed by atoms with Gasteiger partial charge in [-0.15, -0.1) is 0 Å². The van der Waals surface area contributed by atoms with Crippen molar-refractivity contribution < 1.29 is 32.3 Å². The number of hydrogen-bond acceptors (Lipinski definition) is 7. The number of sulfonamides is 1. The van der Waals surface area contributed by atoms with Crippen LogP contribution in [0.1, 0.15) is 38.2 Å². The van der Waals surface area contributed by atoms with Crippen LogP contribution < -0.4 is 20.1 Å². The SMILES string of the molecule is CC1(c2ccc3c(c2)OCO3)NC(=O)N(CC(=O)Nc2cccc(S(=O)(=O)N3CCCCCC3)c2)C1=O. The number of anilines is 1. The third-order valence-corrected chi connectivity index (χ3v) is 8.74. The normalized spacial score (nSPS) is 22.0. The van der Waals surface area contributed by atoms with Crippen molar-refractivity contribution in [2.45, 2.75) is 43.0 Å². The van der Waals surface area contributed by atoms with Crippen LogP contribution in [0.15, 0.2) is 47.4 Å². The Morgan fingerprint density at radius 3 is 2.51 bits per heavy atom. The number of ether oxygens (including phenoxy) is 2. The van der Waals surface area contributed by atoms with Gasteiger partial charge in [-0.1, -0.05) is 25.0 Å².